The Morgan fingerprint density at radius 2 is 1.85 bits per heavy atom. The van der Waals surface area contributed by atoms with Gasteiger partial charge in [0.15, 0.2) is 0 Å². The van der Waals surface area contributed by atoms with E-state index in [9.17, 15) is 4.79 Å². The molecule has 0 aromatic heterocycles. The molecule has 0 spiro atoms. The molecule has 2 aromatic carbocycles. The summed E-state index contributed by atoms with van der Waals surface area (Å²) in [5.41, 5.74) is 0.915. The first-order valence-electron chi connectivity index (χ1n) is 6.00. The first-order valence-corrected chi connectivity index (χ1v) is 8.33. The topological polar surface area (TPSA) is 46.5 Å². The van der Waals surface area contributed by atoms with E-state index in [2.05, 4.69) is 18.2 Å². The Balaban J connectivity index is 2.16. The molecule has 2 rings (SSSR count). The van der Waals surface area contributed by atoms with Crippen LogP contribution < -0.4 is 12.0 Å². The van der Waals surface area contributed by atoms with Crippen LogP contribution in [0.4, 0.5) is 0 Å². The molecule has 20 heavy (non-hydrogen) atoms. The van der Waals surface area contributed by atoms with Crippen molar-refractivity contribution in [1.29, 1.82) is 0 Å². The molecule has 102 valence electrons. The van der Waals surface area contributed by atoms with E-state index in [1.807, 2.05) is 30.3 Å². The van der Waals surface area contributed by atoms with Crippen LogP contribution in [0.1, 0.15) is 5.56 Å². The average Bonchev–Trinajstić information content (AvgIpc) is 2.46. The molecular formula is C16H14O3Te. The quantitative estimate of drug-likeness (QED) is 0.630. The summed E-state index contributed by atoms with van der Waals surface area (Å²) in [6.07, 6.45) is 2.77. The zero-order chi connectivity index (χ0) is 14.4. The van der Waals surface area contributed by atoms with Crippen LogP contribution in [-0.2, 0) is 4.79 Å². The molecule has 0 bridgehead atoms. The first-order chi connectivity index (χ1) is 9.67. The van der Waals surface area contributed by atoms with Crippen LogP contribution >= 0.6 is 0 Å². The van der Waals surface area contributed by atoms with Crippen molar-refractivity contribution in [3.63, 3.8) is 0 Å². The van der Waals surface area contributed by atoms with Gasteiger partial charge in [-0.3, -0.25) is 0 Å². The van der Waals surface area contributed by atoms with Crippen molar-refractivity contribution >= 4 is 40.2 Å². The van der Waals surface area contributed by atoms with Crippen molar-refractivity contribution in [1.82, 2.24) is 0 Å². The molecule has 0 heterocycles. The Morgan fingerprint density at radius 3 is 2.55 bits per heavy atom. The predicted molar refractivity (Wildman–Crippen MR) is 81.1 cm³/mol. The molecule has 0 aliphatic rings. The number of hydrogen-bond acceptors (Lipinski definition) is 2. The van der Waals surface area contributed by atoms with Gasteiger partial charge in [-0.2, -0.15) is 0 Å². The predicted octanol–water partition coefficient (Wildman–Crippen LogP) is 1.45. The van der Waals surface area contributed by atoms with Crippen LogP contribution in [-0.4, -0.2) is 39.1 Å². The number of hydrogen-bond donors (Lipinski definition) is 1. The van der Waals surface area contributed by atoms with E-state index in [4.69, 9.17) is 9.84 Å². The Labute approximate surface area is 128 Å². The van der Waals surface area contributed by atoms with Gasteiger partial charge in [0.1, 0.15) is 0 Å². The number of carbonyl (C=O) groups is 1. The molecule has 0 atom stereocenters. The van der Waals surface area contributed by atoms with Gasteiger partial charge in [-0.05, 0) is 0 Å². The standard InChI is InChI=1S/C16H14O3Te/c1-19-13-5-3-7-15(11-13)20-14-6-2-4-12(10-14)8-9-16(17)18/h2-11H,1H3,(H,17,18). The first kappa shape index (κ1) is 14.6. The molecule has 0 saturated heterocycles. The number of carboxylic acids is 1. The number of methoxy groups -OCH3 is 1. The van der Waals surface area contributed by atoms with Crippen LogP contribution in [0.25, 0.3) is 6.08 Å². The maximum absolute atomic E-state index is 10.5. The van der Waals surface area contributed by atoms with Crippen LogP contribution in [0.2, 0.25) is 0 Å². The Morgan fingerprint density at radius 1 is 1.15 bits per heavy atom. The summed E-state index contributed by atoms with van der Waals surface area (Å²) >= 11 is -0.496. The van der Waals surface area contributed by atoms with Gasteiger partial charge in [-0.25, -0.2) is 0 Å². The summed E-state index contributed by atoms with van der Waals surface area (Å²) in [4.78, 5) is 10.5. The molecule has 0 radical (unpaired) electrons. The van der Waals surface area contributed by atoms with Gasteiger partial charge in [0.05, 0.1) is 0 Å². The van der Waals surface area contributed by atoms with Gasteiger partial charge in [0.2, 0.25) is 0 Å². The van der Waals surface area contributed by atoms with Crippen molar-refractivity contribution in [3.8, 4) is 5.75 Å². The van der Waals surface area contributed by atoms with Crippen LogP contribution in [0.3, 0.4) is 0 Å². The molecule has 0 aliphatic heterocycles. The summed E-state index contributed by atoms with van der Waals surface area (Å²) in [6, 6.07) is 16.1. The SMILES string of the molecule is COc1cccc([Te]c2cccc(C=CC(=O)O)c2)c1. The second kappa shape index (κ2) is 7.14. The Bertz CT molecular complexity index is 635. The zero-order valence-electron chi connectivity index (χ0n) is 10.9. The van der Waals surface area contributed by atoms with Gasteiger partial charge < -0.3 is 0 Å². The number of ether oxygens (including phenoxy) is 1. The molecule has 1 N–H and O–H groups in total. The van der Waals surface area contributed by atoms with Crippen LogP contribution in [0.15, 0.2) is 54.6 Å². The second-order valence-corrected chi connectivity index (χ2v) is 7.30. The van der Waals surface area contributed by atoms with E-state index in [1.54, 1.807) is 13.2 Å². The summed E-state index contributed by atoms with van der Waals surface area (Å²) in [6.45, 7) is 0. The van der Waals surface area contributed by atoms with Crippen molar-refractivity contribution < 1.29 is 14.6 Å². The number of benzene rings is 2. The van der Waals surface area contributed by atoms with Gasteiger partial charge in [-0.15, -0.1) is 0 Å². The van der Waals surface area contributed by atoms with E-state index < -0.39 is 26.9 Å². The molecule has 0 aliphatic carbocycles. The minimum atomic E-state index is -0.931. The second-order valence-electron chi connectivity index (χ2n) is 4.03. The molecule has 0 amide bonds. The van der Waals surface area contributed by atoms with Gasteiger partial charge in [0.25, 0.3) is 0 Å². The fourth-order valence-corrected chi connectivity index (χ4v) is 4.32. The van der Waals surface area contributed by atoms with Crippen molar-refractivity contribution in [3.05, 3.63) is 60.2 Å². The molecule has 3 nitrogen and oxygen atoms in total. The monoisotopic (exact) mass is 384 g/mol. The van der Waals surface area contributed by atoms with Crippen molar-refractivity contribution in [2.45, 2.75) is 0 Å². The normalized spacial score (nSPS) is 10.7. The fourth-order valence-electron chi connectivity index (χ4n) is 1.65. The van der Waals surface area contributed by atoms with E-state index in [0.717, 1.165) is 17.4 Å². The summed E-state index contributed by atoms with van der Waals surface area (Å²) in [7, 11) is 1.66. The minimum absolute atomic E-state index is 0.496. The van der Waals surface area contributed by atoms with Gasteiger partial charge in [-0.1, -0.05) is 0 Å². The fraction of sp³-hybridized carbons (Fsp3) is 0.0625. The third-order valence-corrected chi connectivity index (χ3v) is 5.35. The zero-order valence-corrected chi connectivity index (χ0v) is 13.3. The van der Waals surface area contributed by atoms with E-state index in [-0.39, 0.29) is 0 Å². The summed E-state index contributed by atoms with van der Waals surface area (Å²) in [5, 5.41) is 8.64. The molecule has 0 fully saturated rings. The van der Waals surface area contributed by atoms with Crippen molar-refractivity contribution in [2.24, 2.45) is 0 Å². The average molecular weight is 382 g/mol. The van der Waals surface area contributed by atoms with Gasteiger partial charge in [0, 0.05) is 0 Å². The Kier molecular flexibility index (Phi) is 5.23. The molecule has 0 unspecified atom stereocenters. The van der Waals surface area contributed by atoms with Gasteiger partial charge >= 0.3 is 128 Å². The third-order valence-electron chi connectivity index (χ3n) is 2.55. The third kappa shape index (κ3) is 4.41. The molecular weight excluding hydrogens is 368 g/mol. The van der Waals surface area contributed by atoms with E-state index in [0.29, 0.717) is 0 Å². The van der Waals surface area contributed by atoms with E-state index >= 15 is 0 Å². The molecule has 2 aromatic rings. The van der Waals surface area contributed by atoms with Crippen LogP contribution in [0, 0.1) is 0 Å². The number of carboxylic acid groups (broad SMARTS) is 1. The van der Waals surface area contributed by atoms with Crippen LogP contribution in [0.5, 0.6) is 5.75 Å². The summed E-state index contributed by atoms with van der Waals surface area (Å²) < 4.78 is 7.77. The summed E-state index contributed by atoms with van der Waals surface area (Å²) in [5.74, 6) is -0.0609. The van der Waals surface area contributed by atoms with E-state index in [1.165, 1.54) is 7.22 Å². The molecule has 4 heteroatoms. The maximum atomic E-state index is 10.5. The molecule has 0 saturated carbocycles. The Hall–Kier alpha value is -1.76. The number of rotatable bonds is 5. The van der Waals surface area contributed by atoms with Crippen molar-refractivity contribution in [2.75, 3.05) is 7.11 Å². The number of aliphatic carboxylic acids is 1.